The lowest BCUT2D eigenvalue weighted by Crippen LogP contribution is -2.39. The largest absolute Gasteiger partial charge is 0.497 e. The van der Waals surface area contributed by atoms with Crippen molar-refractivity contribution in [3.8, 4) is 17.1 Å². The number of hydrogen-bond acceptors (Lipinski definition) is 5. The summed E-state index contributed by atoms with van der Waals surface area (Å²) in [7, 11) is 1.64. The fraction of sp³-hybridized carbons (Fsp3) is 0.526. The minimum absolute atomic E-state index is 0.115. The molecule has 1 fully saturated rings. The van der Waals surface area contributed by atoms with Crippen molar-refractivity contribution in [1.82, 2.24) is 15.0 Å². The van der Waals surface area contributed by atoms with Gasteiger partial charge in [-0.3, -0.25) is 4.79 Å². The van der Waals surface area contributed by atoms with E-state index in [-0.39, 0.29) is 11.8 Å². The normalized spacial score (nSPS) is 17.8. The average molecular weight is 343 g/mol. The Kier molecular flexibility index (Phi) is 5.36. The fourth-order valence-electron chi connectivity index (χ4n) is 3.14. The number of benzene rings is 1. The van der Waals surface area contributed by atoms with Crippen LogP contribution in [0.2, 0.25) is 0 Å². The third kappa shape index (κ3) is 4.18. The van der Waals surface area contributed by atoms with Crippen molar-refractivity contribution in [2.24, 2.45) is 5.92 Å². The van der Waals surface area contributed by atoms with Crippen LogP contribution in [0.25, 0.3) is 11.4 Å². The van der Waals surface area contributed by atoms with Gasteiger partial charge in [0.25, 0.3) is 0 Å². The molecule has 6 heteroatoms. The van der Waals surface area contributed by atoms with Gasteiger partial charge in [0, 0.05) is 25.1 Å². The maximum atomic E-state index is 12.3. The van der Waals surface area contributed by atoms with E-state index >= 15 is 0 Å². The Morgan fingerprint density at radius 3 is 2.80 bits per heavy atom. The molecule has 0 saturated carbocycles. The van der Waals surface area contributed by atoms with E-state index < -0.39 is 0 Å². The summed E-state index contributed by atoms with van der Waals surface area (Å²) in [6, 6.07) is 7.57. The highest BCUT2D eigenvalue weighted by molar-refractivity contribution is 5.76. The average Bonchev–Trinajstić information content (AvgIpc) is 3.11. The van der Waals surface area contributed by atoms with Crippen LogP contribution >= 0.6 is 0 Å². The summed E-state index contributed by atoms with van der Waals surface area (Å²) >= 11 is 0. The van der Waals surface area contributed by atoms with Gasteiger partial charge in [0.2, 0.25) is 17.6 Å². The predicted molar refractivity (Wildman–Crippen MR) is 94.3 cm³/mol. The molecule has 0 aliphatic carbocycles. The van der Waals surface area contributed by atoms with E-state index in [1.54, 1.807) is 7.11 Å². The first-order valence-electron chi connectivity index (χ1n) is 8.82. The van der Waals surface area contributed by atoms with Gasteiger partial charge in [0.05, 0.1) is 13.0 Å². The molecule has 1 aliphatic rings. The van der Waals surface area contributed by atoms with Crippen LogP contribution in [-0.2, 0) is 4.79 Å². The van der Waals surface area contributed by atoms with E-state index in [2.05, 4.69) is 24.0 Å². The minimum Gasteiger partial charge on any atom is -0.497 e. The summed E-state index contributed by atoms with van der Waals surface area (Å²) in [4.78, 5) is 18.8. The Morgan fingerprint density at radius 1 is 1.36 bits per heavy atom. The first kappa shape index (κ1) is 17.5. The zero-order valence-corrected chi connectivity index (χ0v) is 15.1. The molecule has 0 unspecified atom stereocenters. The Balaban J connectivity index is 1.69. The van der Waals surface area contributed by atoms with Gasteiger partial charge in [-0.1, -0.05) is 19.0 Å². The van der Waals surface area contributed by atoms with Gasteiger partial charge < -0.3 is 14.2 Å². The molecule has 0 radical (unpaired) electrons. The van der Waals surface area contributed by atoms with Gasteiger partial charge in [-0.2, -0.15) is 4.98 Å². The van der Waals surface area contributed by atoms with Gasteiger partial charge in [-0.15, -0.1) is 0 Å². The van der Waals surface area contributed by atoms with Crippen LogP contribution in [0.15, 0.2) is 28.8 Å². The van der Waals surface area contributed by atoms with E-state index in [1.807, 2.05) is 29.2 Å². The maximum absolute atomic E-state index is 12.3. The first-order chi connectivity index (χ1) is 12.1. The number of hydrogen-bond donors (Lipinski definition) is 0. The number of methoxy groups -OCH3 is 1. The molecule has 25 heavy (non-hydrogen) atoms. The molecule has 1 saturated heterocycles. The summed E-state index contributed by atoms with van der Waals surface area (Å²) in [5, 5.41) is 4.11. The number of nitrogens with zero attached hydrogens (tertiary/aromatic N) is 3. The van der Waals surface area contributed by atoms with Crippen molar-refractivity contribution < 1.29 is 14.1 Å². The van der Waals surface area contributed by atoms with E-state index in [4.69, 9.17) is 9.26 Å². The minimum atomic E-state index is 0.115. The number of likely N-dealkylation sites (tertiary alicyclic amines) is 1. The molecule has 134 valence electrons. The summed E-state index contributed by atoms with van der Waals surface area (Å²) in [6.07, 6.45) is 2.53. The van der Waals surface area contributed by atoms with Crippen LogP contribution in [0.1, 0.15) is 44.9 Å². The summed E-state index contributed by atoms with van der Waals surface area (Å²) in [5.41, 5.74) is 0.888. The molecule has 1 atom stereocenters. The Bertz CT molecular complexity index is 709. The second-order valence-corrected chi connectivity index (χ2v) is 6.96. The van der Waals surface area contributed by atoms with Crippen LogP contribution in [0.4, 0.5) is 0 Å². The zero-order chi connectivity index (χ0) is 17.8. The van der Waals surface area contributed by atoms with E-state index in [9.17, 15) is 4.79 Å². The number of ether oxygens (including phenoxy) is 1. The lowest BCUT2D eigenvalue weighted by Gasteiger charge is -2.31. The number of rotatable bonds is 5. The molecule has 0 N–H and O–H groups in total. The number of amides is 1. The number of carbonyl (C=O) groups is 1. The van der Waals surface area contributed by atoms with Crippen LogP contribution in [-0.4, -0.2) is 41.1 Å². The van der Waals surface area contributed by atoms with Gasteiger partial charge >= 0.3 is 0 Å². The molecular weight excluding hydrogens is 318 g/mol. The smallest absolute Gasteiger partial charge is 0.231 e. The highest BCUT2D eigenvalue weighted by atomic mass is 16.5. The molecule has 2 heterocycles. The van der Waals surface area contributed by atoms with Crippen molar-refractivity contribution in [2.45, 2.75) is 39.0 Å². The van der Waals surface area contributed by atoms with Crippen molar-refractivity contribution in [2.75, 3.05) is 20.2 Å². The third-order valence-corrected chi connectivity index (χ3v) is 4.50. The molecule has 1 aliphatic heterocycles. The monoisotopic (exact) mass is 343 g/mol. The van der Waals surface area contributed by atoms with Crippen LogP contribution < -0.4 is 4.74 Å². The quantitative estimate of drug-likeness (QED) is 0.831. The molecule has 1 aromatic heterocycles. The van der Waals surface area contributed by atoms with Crippen molar-refractivity contribution in [3.63, 3.8) is 0 Å². The highest BCUT2D eigenvalue weighted by Gasteiger charge is 2.28. The van der Waals surface area contributed by atoms with Crippen LogP contribution in [0, 0.1) is 5.92 Å². The maximum Gasteiger partial charge on any atom is 0.231 e. The van der Waals surface area contributed by atoms with Crippen molar-refractivity contribution in [1.29, 1.82) is 0 Å². The molecule has 1 amide bonds. The molecule has 3 rings (SSSR count). The second-order valence-electron chi connectivity index (χ2n) is 6.96. The molecule has 0 bridgehead atoms. The van der Waals surface area contributed by atoms with E-state index in [0.717, 1.165) is 30.7 Å². The third-order valence-electron chi connectivity index (χ3n) is 4.50. The number of piperidine rings is 1. The fourth-order valence-corrected chi connectivity index (χ4v) is 3.14. The summed E-state index contributed by atoms with van der Waals surface area (Å²) in [6.45, 7) is 5.62. The molecule has 0 spiro atoms. The van der Waals surface area contributed by atoms with Crippen molar-refractivity contribution in [3.05, 3.63) is 30.2 Å². The Morgan fingerprint density at radius 2 is 2.12 bits per heavy atom. The molecule has 6 nitrogen and oxygen atoms in total. The van der Waals surface area contributed by atoms with E-state index in [1.165, 1.54) is 0 Å². The van der Waals surface area contributed by atoms with Gasteiger partial charge in [-0.25, -0.2) is 0 Å². The number of carbonyl (C=O) groups excluding carboxylic acids is 1. The zero-order valence-electron chi connectivity index (χ0n) is 15.1. The Hall–Kier alpha value is -2.37. The predicted octanol–water partition coefficient (Wildman–Crippen LogP) is 3.50. The van der Waals surface area contributed by atoms with Gasteiger partial charge in [0.15, 0.2) is 0 Å². The summed E-state index contributed by atoms with van der Waals surface area (Å²) in [5.74, 6) is 2.69. The summed E-state index contributed by atoms with van der Waals surface area (Å²) < 4.78 is 10.7. The van der Waals surface area contributed by atoms with Gasteiger partial charge in [0.1, 0.15) is 5.75 Å². The second kappa shape index (κ2) is 7.68. The van der Waals surface area contributed by atoms with E-state index in [0.29, 0.717) is 30.6 Å². The SMILES string of the molecule is COc1ccc(-c2noc([C@@H]3CCCN(C(=O)CC(C)C)C3)n2)cc1. The van der Waals surface area contributed by atoms with Crippen LogP contribution in [0.3, 0.4) is 0 Å². The Labute approximate surface area is 148 Å². The molecule has 1 aromatic carbocycles. The molecular formula is C19H25N3O3. The number of aromatic nitrogens is 2. The standard InChI is InChI=1S/C19H25N3O3/c1-13(2)11-17(23)22-10-4-5-15(12-22)19-20-18(21-25-19)14-6-8-16(24-3)9-7-14/h6-9,13,15H,4-5,10-12H2,1-3H3/t15-/m1/s1. The van der Waals surface area contributed by atoms with Gasteiger partial charge in [-0.05, 0) is 43.0 Å². The van der Waals surface area contributed by atoms with Crippen molar-refractivity contribution >= 4 is 5.91 Å². The molecule has 2 aromatic rings. The lowest BCUT2D eigenvalue weighted by molar-refractivity contribution is -0.133. The van der Waals surface area contributed by atoms with Crippen LogP contribution in [0.5, 0.6) is 5.75 Å². The topological polar surface area (TPSA) is 68.5 Å². The highest BCUT2D eigenvalue weighted by Crippen LogP contribution is 2.28. The lowest BCUT2D eigenvalue weighted by atomic mass is 9.97. The first-order valence-corrected chi connectivity index (χ1v) is 8.82.